The van der Waals surface area contributed by atoms with Crippen molar-refractivity contribution in [2.75, 3.05) is 19.6 Å². The lowest BCUT2D eigenvalue weighted by molar-refractivity contribution is -0.142. The Kier molecular flexibility index (Phi) is 18.0. The van der Waals surface area contributed by atoms with E-state index in [2.05, 4.69) is 26.6 Å². The van der Waals surface area contributed by atoms with Gasteiger partial charge in [0.2, 0.25) is 29.5 Å². The fourth-order valence-electron chi connectivity index (χ4n) is 4.28. The van der Waals surface area contributed by atoms with Crippen LogP contribution in [-0.4, -0.2) is 84.4 Å². The van der Waals surface area contributed by atoms with Crippen LogP contribution in [0.15, 0.2) is 30.3 Å². The molecule has 0 heterocycles. The predicted molar refractivity (Wildman–Crippen MR) is 165 cm³/mol. The minimum atomic E-state index is -1.19. The molecule has 0 saturated heterocycles. The number of hydrogen-bond acceptors (Lipinski definition) is 8. The van der Waals surface area contributed by atoms with E-state index in [1.54, 1.807) is 30.3 Å². The molecule has 0 spiro atoms. The molecule has 1 aromatic rings. The Morgan fingerprint density at radius 3 is 1.98 bits per heavy atom. The van der Waals surface area contributed by atoms with Crippen LogP contribution >= 0.6 is 0 Å². The molecule has 10 N–H and O–H groups in total. The second-order valence-corrected chi connectivity index (χ2v) is 11.1. The molecular weight excluding hydrogens is 570 g/mol. The van der Waals surface area contributed by atoms with Crippen LogP contribution in [0.5, 0.6) is 0 Å². The second-order valence-electron chi connectivity index (χ2n) is 11.1. The van der Waals surface area contributed by atoms with Gasteiger partial charge in [0.25, 0.3) is 0 Å². The van der Waals surface area contributed by atoms with Crippen LogP contribution in [0.3, 0.4) is 0 Å². The van der Waals surface area contributed by atoms with E-state index in [9.17, 15) is 33.9 Å². The summed E-state index contributed by atoms with van der Waals surface area (Å²) in [5.41, 5.74) is 12.0. The number of rotatable bonds is 21. The van der Waals surface area contributed by atoms with Crippen LogP contribution in [-0.2, 0) is 35.2 Å². The average molecular weight is 620 g/mol. The van der Waals surface area contributed by atoms with Crippen molar-refractivity contribution >= 4 is 35.5 Å². The summed E-state index contributed by atoms with van der Waals surface area (Å²) in [6, 6.07) is 4.85. The zero-order valence-corrected chi connectivity index (χ0v) is 25.9. The Morgan fingerprint density at radius 1 is 0.773 bits per heavy atom. The van der Waals surface area contributed by atoms with Crippen LogP contribution in [0.25, 0.3) is 0 Å². The average Bonchev–Trinajstić information content (AvgIpc) is 2.97. The third-order valence-corrected chi connectivity index (χ3v) is 6.64. The number of carboxylic acid groups (broad SMARTS) is 1. The van der Waals surface area contributed by atoms with E-state index >= 15 is 0 Å². The van der Waals surface area contributed by atoms with Crippen molar-refractivity contribution in [3.05, 3.63) is 35.9 Å². The number of benzene rings is 1. The van der Waals surface area contributed by atoms with E-state index < -0.39 is 66.2 Å². The lowest BCUT2D eigenvalue weighted by Gasteiger charge is -2.25. The molecule has 0 unspecified atom stereocenters. The SMILES string of the molecule is CCC[C@H](N)C(=O)NCC(=O)NCC(=O)N[C@@H](Cc1ccccc1)C(=O)N[C@@H](CC(C)C)C(=O)N[C@@H](CCCCN)C(=O)O. The zero-order chi connectivity index (χ0) is 33.1. The summed E-state index contributed by atoms with van der Waals surface area (Å²) >= 11 is 0. The molecule has 246 valence electrons. The first-order chi connectivity index (χ1) is 20.9. The van der Waals surface area contributed by atoms with Gasteiger partial charge in [0.1, 0.15) is 18.1 Å². The molecule has 0 fully saturated rings. The zero-order valence-electron chi connectivity index (χ0n) is 25.9. The van der Waals surface area contributed by atoms with Gasteiger partial charge in [0.05, 0.1) is 19.1 Å². The van der Waals surface area contributed by atoms with Crippen LogP contribution in [0.1, 0.15) is 64.9 Å². The van der Waals surface area contributed by atoms with Gasteiger partial charge in [-0.2, -0.15) is 0 Å². The van der Waals surface area contributed by atoms with Crippen molar-refractivity contribution in [2.24, 2.45) is 17.4 Å². The van der Waals surface area contributed by atoms with Gasteiger partial charge in [-0.15, -0.1) is 0 Å². The molecule has 0 aromatic heterocycles. The smallest absolute Gasteiger partial charge is 0.326 e. The van der Waals surface area contributed by atoms with Gasteiger partial charge in [-0.1, -0.05) is 57.5 Å². The van der Waals surface area contributed by atoms with Crippen LogP contribution in [0.4, 0.5) is 0 Å². The molecule has 4 atom stereocenters. The van der Waals surface area contributed by atoms with Gasteiger partial charge < -0.3 is 43.2 Å². The molecule has 0 aliphatic heterocycles. The highest BCUT2D eigenvalue weighted by atomic mass is 16.4. The van der Waals surface area contributed by atoms with Gasteiger partial charge in [0, 0.05) is 6.42 Å². The number of nitrogens with two attached hydrogens (primary N) is 2. The first-order valence-corrected chi connectivity index (χ1v) is 15.0. The summed E-state index contributed by atoms with van der Waals surface area (Å²) in [6.45, 7) is 5.15. The van der Waals surface area contributed by atoms with E-state index in [1.807, 2.05) is 20.8 Å². The maximum atomic E-state index is 13.5. The first kappa shape index (κ1) is 38.0. The summed E-state index contributed by atoms with van der Waals surface area (Å²) in [4.78, 5) is 75.2. The van der Waals surface area contributed by atoms with E-state index in [4.69, 9.17) is 11.5 Å². The third kappa shape index (κ3) is 15.4. The number of nitrogens with one attached hydrogen (secondary N) is 5. The maximum Gasteiger partial charge on any atom is 0.326 e. The Labute approximate surface area is 258 Å². The topological polar surface area (TPSA) is 235 Å². The van der Waals surface area contributed by atoms with E-state index in [1.165, 1.54) is 0 Å². The van der Waals surface area contributed by atoms with Gasteiger partial charge in [-0.05, 0) is 50.1 Å². The van der Waals surface area contributed by atoms with Crippen LogP contribution < -0.4 is 38.1 Å². The quantitative estimate of drug-likeness (QED) is 0.0812. The summed E-state index contributed by atoms with van der Waals surface area (Å²) < 4.78 is 0. The summed E-state index contributed by atoms with van der Waals surface area (Å²) in [5.74, 6) is -4.28. The van der Waals surface area contributed by atoms with Gasteiger partial charge >= 0.3 is 5.97 Å². The molecule has 14 heteroatoms. The highest BCUT2D eigenvalue weighted by Crippen LogP contribution is 2.09. The Bertz CT molecular complexity index is 1080. The monoisotopic (exact) mass is 619 g/mol. The van der Waals surface area contributed by atoms with E-state index in [-0.39, 0.29) is 31.7 Å². The van der Waals surface area contributed by atoms with Crippen molar-refractivity contribution in [1.29, 1.82) is 0 Å². The van der Waals surface area contributed by atoms with E-state index in [0.29, 0.717) is 32.2 Å². The van der Waals surface area contributed by atoms with Crippen molar-refractivity contribution in [2.45, 2.75) is 89.9 Å². The molecule has 0 radical (unpaired) electrons. The molecule has 0 aliphatic rings. The number of unbranched alkanes of at least 4 members (excludes halogenated alkanes) is 1. The Morgan fingerprint density at radius 2 is 1.39 bits per heavy atom. The number of amides is 5. The molecule has 0 saturated carbocycles. The first-order valence-electron chi connectivity index (χ1n) is 15.0. The van der Waals surface area contributed by atoms with Crippen molar-refractivity contribution in [1.82, 2.24) is 26.6 Å². The van der Waals surface area contributed by atoms with Gasteiger partial charge in [0.15, 0.2) is 0 Å². The second kappa shape index (κ2) is 20.8. The van der Waals surface area contributed by atoms with Crippen molar-refractivity contribution in [3.63, 3.8) is 0 Å². The molecule has 0 aliphatic carbocycles. The number of aliphatic carboxylic acids is 1. The van der Waals surface area contributed by atoms with E-state index in [0.717, 1.165) is 5.56 Å². The lowest BCUT2D eigenvalue weighted by atomic mass is 10.0. The standard InChI is InChI=1S/C30H49N7O7/c1-4-10-21(32)27(40)34-17-25(38)33-18-26(39)35-24(16-20-11-6-5-7-12-20)29(42)37-23(15-19(2)3)28(41)36-22(30(43)44)13-8-9-14-31/h5-7,11-12,19,21-24H,4,8-10,13-18,31-32H2,1-3H3,(H,33,38)(H,34,40)(H,35,39)(H,36,41)(H,37,42)(H,43,44)/t21-,22-,23-,24-/m0/s1. The number of carbonyl (C=O) groups excluding carboxylic acids is 5. The van der Waals surface area contributed by atoms with Crippen molar-refractivity contribution < 1.29 is 33.9 Å². The summed E-state index contributed by atoms with van der Waals surface area (Å²) in [7, 11) is 0. The largest absolute Gasteiger partial charge is 0.480 e. The number of carboxylic acids is 1. The fraction of sp³-hybridized carbons (Fsp3) is 0.600. The highest BCUT2D eigenvalue weighted by molar-refractivity contribution is 5.94. The highest BCUT2D eigenvalue weighted by Gasteiger charge is 2.30. The fourth-order valence-corrected chi connectivity index (χ4v) is 4.28. The van der Waals surface area contributed by atoms with Crippen molar-refractivity contribution in [3.8, 4) is 0 Å². The van der Waals surface area contributed by atoms with Crippen LogP contribution in [0.2, 0.25) is 0 Å². The lowest BCUT2D eigenvalue weighted by Crippen LogP contribution is -2.57. The van der Waals surface area contributed by atoms with Crippen LogP contribution in [0, 0.1) is 5.92 Å². The minimum Gasteiger partial charge on any atom is -0.480 e. The molecule has 44 heavy (non-hydrogen) atoms. The molecule has 1 aromatic carbocycles. The predicted octanol–water partition coefficient (Wildman–Crippen LogP) is -0.697. The third-order valence-electron chi connectivity index (χ3n) is 6.64. The minimum absolute atomic E-state index is 0.0269. The molecule has 1 rings (SSSR count). The normalized spacial score (nSPS) is 13.6. The number of carbonyl (C=O) groups is 6. The number of hydrogen-bond donors (Lipinski definition) is 8. The Balaban J connectivity index is 2.94. The summed E-state index contributed by atoms with van der Waals surface area (Å²) in [5, 5.41) is 22.2. The Hall–Kier alpha value is -4.04. The van der Waals surface area contributed by atoms with Gasteiger partial charge in [-0.3, -0.25) is 24.0 Å². The summed E-state index contributed by atoms with van der Waals surface area (Å²) in [6.07, 6.45) is 2.79. The molecule has 14 nitrogen and oxygen atoms in total. The molecular formula is C30H49N7O7. The molecule has 5 amide bonds. The van der Waals surface area contributed by atoms with Gasteiger partial charge in [-0.25, -0.2) is 4.79 Å². The maximum absolute atomic E-state index is 13.5. The molecule has 0 bridgehead atoms.